The summed E-state index contributed by atoms with van der Waals surface area (Å²) in [5.41, 5.74) is 4.90. The number of aromatic amines is 1. The van der Waals surface area contributed by atoms with E-state index in [1.165, 1.54) is 17.2 Å². The van der Waals surface area contributed by atoms with Crippen molar-refractivity contribution in [3.8, 4) is 0 Å². The van der Waals surface area contributed by atoms with Crippen LogP contribution in [0.4, 0.5) is 4.39 Å². The van der Waals surface area contributed by atoms with E-state index in [4.69, 9.17) is 0 Å². The van der Waals surface area contributed by atoms with Crippen LogP contribution in [0, 0.1) is 12.7 Å². The molecule has 0 bridgehead atoms. The lowest BCUT2D eigenvalue weighted by Crippen LogP contribution is -2.38. The molecule has 3 aromatic rings. The van der Waals surface area contributed by atoms with Crippen molar-refractivity contribution >= 4 is 16.8 Å². The lowest BCUT2D eigenvalue weighted by atomic mass is 10.1. The molecule has 0 radical (unpaired) electrons. The summed E-state index contributed by atoms with van der Waals surface area (Å²) in [5.74, 6) is -0.204. The van der Waals surface area contributed by atoms with Crippen LogP contribution >= 0.6 is 0 Å². The first-order chi connectivity index (χ1) is 12.0. The van der Waals surface area contributed by atoms with Gasteiger partial charge in [0, 0.05) is 24.2 Å². The van der Waals surface area contributed by atoms with Gasteiger partial charge in [-0.2, -0.15) is 0 Å². The van der Waals surface area contributed by atoms with Crippen LogP contribution in [0.2, 0.25) is 0 Å². The molecule has 4 rings (SSSR count). The molecule has 0 fully saturated rings. The van der Waals surface area contributed by atoms with Crippen molar-refractivity contribution in [2.24, 2.45) is 0 Å². The monoisotopic (exact) mass is 336 g/mol. The molecule has 1 heterocycles. The van der Waals surface area contributed by atoms with Gasteiger partial charge in [0.15, 0.2) is 0 Å². The normalized spacial score (nSPS) is 14.0. The van der Waals surface area contributed by atoms with Crippen molar-refractivity contribution in [2.45, 2.75) is 32.2 Å². The number of carbonyl (C=O) groups excluding carboxylic acids is 1. The summed E-state index contributed by atoms with van der Waals surface area (Å²) in [7, 11) is 1.88. The van der Waals surface area contributed by atoms with Crippen molar-refractivity contribution < 1.29 is 9.18 Å². The van der Waals surface area contributed by atoms with Crippen LogP contribution in [-0.2, 0) is 24.1 Å². The molecular weight excluding hydrogens is 315 g/mol. The highest BCUT2D eigenvalue weighted by molar-refractivity contribution is 5.90. The first kappa shape index (κ1) is 15.9. The minimum absolute atomic E-state index is 0.0751. The maximum Gasteiger partial charge on any atom is 0.227 e. The van der Waals surface area contributed by atoms with Crippen molar-refractivity contribution in [1.82, 2.24) is 9.88 Å². The number of rotatable bonds is 3. The van der Waals surface area contributed by atoms with Gasteiger partial charge in [0.05, 0.1) is 11.9 Å². The van der Waals surface area contributed by atoms with E-state index in [1.54, 1.807) is 6.07 Å². The molecule has 1 N–H and O–H groups in total. The lowest BCUT2D eigenvalue weighted by Gasteiger charge is -2.24. The molecule has 1 amide bonds. The lowest BCUT2D eigenvalue weighted by molar-refractivity contribution is -0.131. The Morgan fingerprint density at radius 1 is 1.16 bits per heavy atom. The number of benzene rings is 2. The van der Waals surface area contributed by atoms with E-state index in [1.807, 2.05) is 37.1 Å². The average molecular weight is 336 g/mol. The van der Waals surface area contributed by atoms with Crippen LogP contribution in [0.15, 0.2) is 42.5 Å². The number of hydrogen-bond donors (Lipinski definition) is 1. The zero-order valence-electron chi connectivity index (χ0n) is 14.5. The SMILES string of the molecule is Cc1[nH]c2c(F)cccc2c1CC(=O)N(C)C1Cc2ccccc2C1. The van der Waals surface area contributed by atoms with Crippen LogP contribution in [0.3, 0.4) is 0 Å². The van der Waals surface area contributed by atoms with Crippen LogP contribution < -0.4 is 0 Å². The largest absolute Gasteiger partial charge is 0.356 e. The number of para-hydroxylation sites is 1. The molecule has 0 spiro atoms. The molecule has 25 heavy (non-hydrogen) atoms. The van der Waals surface area contributed by atoms with E-state index in [-0.39, 0.29) is 17.8 Å². The fourth-order valence-corrected chi connectivity index (χ4v) is 3.88. The Morgan fingerprint density at radius 3 is 2.52 bits per heavy atom. The van der Waals surface area contributed by atoms with Crippen LogP contribution in [0.5, 0.6) is 0 Å². The first-order valence-electron chi connectivity index (χ1n) is 8.62. The summed E-state index contributed by atoms with van der Waals surface area (Å²) >= 11 is 0. The average Bonchev–Trinajstić information content (AvgIpc) is 3.17. The predicted octanol–water partition coefficient (Wildman–Crippen LogP) is 3.78. The number of fused-ring (bicyclic) bond motifs is 2. The van der Waals surface area contributed by atoms with Gasteiger partial charge in [0.1, 0.15) is 5.82 Å². The molecule has 2 aromatic carbocycles. The maximum absolute atomic E-state index is 13.9. The molecule has 0 saturated heterocycles. The molecule has 0 aliphatic heterocycles. The summed E-state index contributed by atoms with van der Waals surface area (Å²) < 4.78 is 13.9. The Bertz CT molecular complexity index is 935. The van der Waals surface area contributed by atoms with E-state index in [9.17, 15) is 9.18 Å². The fourth-order valence-electron chi connectivity index (χ4n) is 3.88. The number of hydrogen-bond acceptors (Lipinski definition) is 1. The number of carbonyl (C=O) groups is 1. The molecule has 3 nitrogen and oxygen atoms in total. The molecule has 4 heteroatoms. The first-order valence-corrected chi connectivity index (χ1v) is 8.62. The number of likely N-dealkylation sites (N-methyl/N-ethyl adjacent to an activating group) is 1. The third kappa shape index (κ3) is 2.72. The fraction of sp³-hybridized carbons (Fsp3) is 0.286. The van der Waals surface area contributed by atoms with Gasteiger partial charge in [0.2, 0.25) is 5.91 Å². The third-order valence-corrected chi connectivity index (χ3v) is 5.40. The van der Waals surface area contributed by atoms with Crippen molar-refractivity contribution in [3.05, 3.63) is 70.7 Å². The summed E-state index contributed by atoms with van der Waals surface area (Å²) in [6.45, 7) is 1.90. The van der Waals surface area contributed by atoms with Crippen molar-refractivity contribution in [3.63, 3.8) is 0 Å². The molecule has 1 aliphatic carbocycles. The smallest absolute Gasteiger partial charge is 0.227 e. The number of amides is 1. The van der Waals surface area contributed by atoms with E-state index in [0.29, 0.717) is 11.9 Å². The summed E-state index contributed by atoms with van der Waals surface area (Å²) in [5, 5.41) is 0.800. The molecule has 0 atom stereocenters. The molecular formula is C21H21FN2O. The quantitative estimate of drug-likeness (QED) is 0.776. The van der Waals surface area contributed by atoms with E-state index in [2.05, 4.69) is 17.1 Å². The zero-order valence-corrected chi connectivity index (χ0v) is 14.5. The minimum Gasteiger partial charge on any atom is -0.356 e. The second-order valence-corrected chi connectivity index (χ2v) is 6.90. The third-order valence-electron chi connectivity index (χ3n) is 5.40. The van der Waals surface area contributed by atoms with E-state index in [0.717, 1.165) is 29.5 Å². The Balaban J connectivity index is 1.55. The molecule has 1 aliphatic rings. The minimum atomic E-state index is -0.279. The van der Waals surface area contributed by atoms with E-state index < -0.39 is 0 Å². The highest BCUT2D eigenvalue weighted by Crippen LogP contribution is 2.27. The molecule has 0 unspecified atom stereocenters. The Hall–Kier alpha value is -2.62. The van der Waals surface area contributed by atoms with Gasteiger partial charge in [-0.3, -0.25) is 4.79 Å². The second kappa shape index (κ2) is 6.03. The van der Waals surface area contributed by atoms with Gasteiger partial charge in [-0.25, -0.2) is 4.39 Å². The molecule has 0 saturated carbocycles. The summed E-state index contributed by atoms with van der Waals surface area (Å²) in [6, 6.07) is 13.6. The Morgan fingerprint density at radius 2 is 1.84 bits per heavy atom. The van der Waals surface area contributed by atoms with Crippen molar-refractivity contribution in [1.29, 1.82) is 0 Å². The van der Waals surface area contributed by atoms with Crippen LogP contribution in [-0.4, -0.2) is 28.9 Å². The zero-order chi connectivity index (χ0) is 17.6. The number of aryl methyl sites for hydroxylation is 1. The van der Waals surface area contributed by atoms with Gasteiger partial charge < -0.3 is 9.88 Å². The number of nitrogens with one attached hydrogen (secondary N) is 1. The highest BCUT2D eigenvalue weighted by Gasteiger charge is 2.28. The number of aromatic nitrogens is 1. The van der Waals surface area contributed by atoms with Crippen molar-refractivity contribution in [2.75, 3.05) is 7.05 Å². The standard InChI is InChI=1S/C21H21FN2O/c1-13-18(17-8-5-9-19(22)21(17)23-13)12-20(25)24(2)16-10-14-6-3-4-7-15(14)11-16/h3-9,16,23H,10-12H2,1-2H3. The van der Waals surface area contributed by atoms with Crippen LogP contribution in [0.25, 0.3) is 10.9 Å². The van der Waals surface area contributed by atoms with E-state index >= 15 is 0 Å². The maximum atomic E-state index is 13.9. The topological polar surface area (TPSA) is 36.1 Å². The number of halogens is 1. The van der Waals surface area contributed by atoms with Gasteiger partial charge in [0.25, 0.3) is 0 Å². The number of nitrogens with zero attached hydrogens (tertiary/aromatic N) is 1. The van der Waals surface area contributed by atoms with Gasteiger partial charge >= 0.3 is 0 Å². The summed E-state index contributed by atoms with van der Waals surface area (Å²) in [6.07, 6.45) is 2.10. The van der Waals surface area contributed by atoms with Gasteiger partial charge in [-0.05, 0) is 42.5 Å². The van der Waals surface area contributed by atoms with Crippen LogP contribution in [0.1, 0.15) is 22.4 Å². The molecule has 1 aromatic heterocycles. The molecule has 128 valence electrons. The van der Waals surface area contributed by atoms with Gasteiger partial charge in [-0.1, -0.05) is 36.4 Å². The predicted molar refractivity (Wildman–Crippen MR) is 97.1 cm³/mol. The Kier molecular flexibility index (Phi) is 3.83. The van der Waals surface area contributed by atoms with Gasteiger partial charge in [-0.15, -0.1) is 0 Å². The Labute approximate surface area is 146 Å². The second-order valence-electron chi connectivity index (χ2n) is 6.90. The number of H-pyrrole nitrogens is 1. The summed E-state index contributed by atoms with van der Waals surface area (Å²) in [4.78, 5) is 17.8. The highest BCUT2D eigenvalue weighted by atomic mass is 19.1.